The minimum atomic E-state index is -0.591. The molecule has 2 aromatic carbocycles. The van der Waals surface area contributed by atoms with Crippen molar-refractivity contribution in [3.05, 3.63) is 70.2 Å². The molecule has 5 heteroatoms. The van der Waals surface area contributed by atoms with E-state index in [-0.39, 0.29) is 17.7 Å². The summed E-state index contributed by atoms with van der Waals surface area (Å²) in [6.45, 7) is 6.16. The van der Waals surface area contributed by atoms with Gasteiger partial charge in [-0.1, -0.05) is 55.8 Å². The number of hydrogen-bond donors (Lipinski definition) is 1. The SMILES string of the molecule is Cc1ccccc1C(=O)NC(C(=O)N(C)Cc1cccc(Cl)c1)C(C)C. The van der Waals surface area contributed by atoms with Gasteiger partial charge in [-0.25, -0.2) is 0 Å². The lowest BCUT2D eigenvalue weighted by molar-refractivity contribution is -0.133. The van der Waals surface area contributed by atoms with E-state index in [1.54, 1.807) is 24.1 Å². The van der Waals surface area contributed by atoms with Gasteiger partial charge >= 0.3 is 0 Å². The fourth-order valence-electron chi connectivity index (χ4n) is 2.78. The molecule has 1 atom stereocenters. The zero-order chi connectivity index (χ0) is 19.3. The molecular weight excluding hydrogens is 348 g/mol. The van der Waals surface area contributed by atoms with Gasteiger partial charge in [0, 0.05) is 24.2 Å². The van der Waals surface area contributed by atoms with Crippen LogP contribution in [0.5, 0.6) is 0 Å². The third-order valence-electron chi connectivity index (χ3n) is 4.29. The Kier molecular flexibility index (Phi) is 6.81. The van der Waals surface area contributed by atoms with Crippen molar-refractivity contribution in [1.82, 2.24) is 10.2 Å². The van der Waals surface area contributed by atoms with Gasteiger partial charge in [-0.15, -0.1) is 0 Å². The van der Waals surface area contributed by atoms with Crippen molar-refractivity contribution in [3.63, 3.8) is 0 Å². The first kappa shape index (κ1) is 20.0. The van der Waals surface area contributed by atoms with Gasteiger partial charge in [-0.05, 0) is 42.2 Å². The highest BCUT2D eigenvalue weighted by Gasteiger charge is 2.27. The number of likely N-dealkylation sites (N-methyl/N-ethyl adjacent to an activating group) is 1. The molecule has 0 radical (unpaired) electrons. The van der Waals surface area contributed by atoms with Gasteiger partial charge in [-0.3, -0.25) is 9.59 Å². The van der Waals surface area contributed by atoms with Gasteiger partial charge in [-0.2, -0.15) is 0 Å². The van der Waals surface area contributed by atoms with Crippen LogP contribution in [0.2, 0.25) is 5.02 Å². The zero-order valence-corrected chi connectivity index (χ0v) is 16.4. The van der Waals surface area contributed by atoms with Crippen LogP contribution < -0.4 is 5.32 Å². The summed E-state index contributed by atoms with van der Waals surface area (Å²) in [7, 11) is 1.73. The lowest BCUT2D eigenvalue weighted by Crippen LogP contribution is -2.50. The molecule has 138 valence electrons. The van der Waals surface area contributed by atoms with E-state index in [2.05, 4.69) is 5.32 Å². The topological polar surface area (TPSA) is 49.4 Å². The fraction of sp³-hybridized carbons (Fsp3) is 0.333. The smallest absolute Gasteiger partial charge is 0.252 e. The van der Waals surface area contributed by atoms with E-state index in [1.165, 1.54) is 0 Å². The van der Waals surface area contributed by atoms with Gasteiger partial charge in [0.2, 0.25) is 5.91 Å². The fourth-order valence-corrected chi connectivity index (χ4v) is 3.00. The summed E-state index contributed by atoms with van der Waals surface area (Å²) in [5, 5.41) is 3.53. The van der Waals surface area contributed by atoms with Crippen LogP contribution in [0.25, 0.3) is 0 Å². The third-order valence-corrected chi connectivity index (χ3v) is 4.53. The van der Waals surface area contributed by atoms with E-state index < -0.39 is 6.04 Å². The maximum Gasteiger partial charge on any atom is 0.252 e. The monoisotopic (exact) mass is 372 g/mol. The summed E-state index contributed by atoms with van der Waals surface area (Å²) in [5.74, 6) is -0.384. The second-order valence-corrected chi connectivity index (χ2v) is 7.27. The first-order valence-corrected chi connectivity index (χ1v) is 9.03. The molecule has 0 heterocycles. The second kappa shape index (κ2) is 8.86. The first-order chi connectivity index (χ1) is 12.3. The number of nitrogens with zero attached hydrogens (tertiary/aromatic N) is 1. The Morgan fingerprint density at radius 3 is 2.42 bits per heavy atom. The Balaban J connectivity index is 2.11. The molecule has 0 spiro atoms. The summed E-state index contributed by atoms with van der Waals surface area (Å²) < 4.78 is 0. The number of halogens is 1. The highest BCUT2D eigenvalue weighted by atomic mass is 35.5. The molecule has 2 rings (SSSR count). The molecule has 0 aliphatic carbocycles. The second-order valence-electron chi connectivity index (χ2n) is 6.83. The predicted octanol–water partition coefficient (Wildman–Crippen LogP) is 4.06. The van der Waals surface area contributed by atoms with E-state index in [0.29, 0.717) is 17.1 Å². The summed E-state index contributed by atoms with van der Waals surface area (Å²) in [6.07, 6.45) is 0. The lowest BCUT2D eigenvalue weighted by Gasteiger charge is -2.27. The highest BCUT2D eigenvalue weighted by molar-refractivity contribution is 6.30. The number of nitrogens with one attached hydrogen (secondary N) is 1. The summed E-state index contributed by atoms with van der Waals surface area (Å²) in [6, 6.07) is 14.2. The summed E-state index contributed by atoms with van der Waals surface area (Å²) in [4.78, 5) is 27.1. The maximum atomic E-state index is 12.9. The highest BCUT2D eigenvalue weighted by Crippen LogP contribution is 2.15. The van der Waals surface area contributed by atoms with Crippen molar-refractivity contribution in [1.29, 1.82) is 0 Å². The molecule has 26 heavy (non-hydrogen) atoms. The normalized spacial score (nSPS) is 11.9. The number of aryl methyl sites for hydroxylation is 1. The van der Waals surface area contributed by atoms with Crippen LogP contribution >= 0.6 is 11.6 Å². The summed E-state index contributed by atoms with van der Waals surface area (Å²) >= 11 is 6.01. The van der Waals surface area contributed by atoms with E-state index in [4.69, 9.17) is 11.6 Å². The predicted molar refractivity (Wildman–Crippen MR) is 105 cm³/mol. The van der Waals surface area contributed by atoms with Crippen LogP contribution in [0.15, 0.2) is 48.5 Å². The van der Waals surface area contributed by atoms with Crippen LogP contribution in [0.3, 0.4) is 0 Å². The van der Waals surface area contributed by atoms with Crippen LogP contribution in [-0.2, 0) is 11.3 Å². The van der Waals surface area contributed by atoms with Crippen LogP contribution in [0.4, 0.5) is 0 Å². The maximum absolute atomic E-state index is 12.9. The van der Waals surface area contributed by atoms with Crippen molar-refractivity contribution in [2.75, 3.05) is 7.05 Å². The Bertz CT molecular complexity index is 789. The molecule has 0 aliphatic rings. The number of benzene rings is 2. The Morgan fingerprint density at radius 1 is 1.12 bits per heavy atom. The Labute approximate surface area is 160 Å². The lowest BCUT2D eigenvalue weighted by atomic mass is 10.0. The van der Waals surface area contributed by atoms with Crippen molar-refractivity contribution in [2.45, 2.75) is 33.4 Å². The minimum absolute atomic E-state index is 0.0303. The van der Waals surface area contributed by atoms with Gasteiger partial charge in [0.25, 0.3) is 5.91 Å². The van der Waals surface area contributed by atoms with E-state index in [1.807, 2.05) is 57.2 Å². The number of carbonyl (C=O) groups excluding carboxylic acids is 2. The minimum Gasteiger partial charge on any atom is -0.340 e. The molecule has 2 amide bonds. The average Bonchev–Trinajstić information content (AvgIpc) is 2.59. The molecule has 0 bridgehead atoms. The molecule has 2 aromatic rings. The van der Waals surface area contributed by atoms with E-state index >= 15 is 0 Å². The Hall–Kier alpha value is -2.33. The molecule has 0 saturated heterocycles. The quantitative estimate of drug-likeness (QED) is 0.831. The van der Waals surface area contributed by atoms with E-state index in [0.717, 1.165) is 11.1 Å². The molecule has 0 aliphatic heterocycles. The average molecular weight is 373 g/mol. The molecule has 0 saturated carbocycles. The molecule has 1 unspecified atom stereocenters. The van der Waals surface area contributed by atoms with E-state index in [9.17, 15) is 9.59 Å². The van der Waals surface area contributed by atoms with Gasteiger partial charge in [0.15, 0.2) is 0 Å². The molecule has 4 nitrogen and oxygen atoms in total. The number of carbonyl (C=O) groups is 2. The Morgan fingerprint density at radius 2 is 1.81 bits per heavy atom. The standard InChI is InChI=1S/C21H25ClN2O2/c1-14(2)19(23-20(25)18-11-6-5-8-15(18)3)21(26)24(4)13-16-9-7-10-17(22)12-16/h5-12,14,19H,13H2,1-4H3,(H,23,25). The largest absolute Gasteiger partial charge is 0.340 e. The van der Waals surface area contributed by atoms with Crippen molar-refractivity contribution >= 4 is 23.4 Å². The van der Waals surface area contributed by atoms with Crippen LogP contribution in [-0.4, -0.2) is 29.8 Å². The summed E-state index contributed by atoms with van der Waals surface area (Å²) in [5.41, 5.74) is 2.41. The number of hydrogen-bond acceptors (Lipinski definition) is 2. The molecule has 1 N–H and O–H groups in total. The first-order valence-electron chi connectivity index (χ1n) is 8.65. The number of amides is 2. The van der Waals surface area contributed by atoms with Gasteiger partial charge < -0.3 is 10.2 Å². The zero-order valence-electron chi connectivity index (χ0n) is 15.6. The van der Waals surface area contributed by atoms with Gasteiger partial charge in [0.05, 0.1) is 0 Å². The molecular formula is C21H25ClN2O2. The molecule has 0 fully saturated rings. The third kappa shape index (κ3) is 5.09. The molecule has 0 aromatic heterocycles. The van der Waals surface area contributed by atoms with Crippen molar-refractivity contribution < 1.29 is 9.59 Å². The number of rotatable bonds is 6. The van der Waals surface area contributed by atoms with Crippen molar-refractivity contribution in [3.8, 4) is 0 Å². The van der Waals surface area contributed by atoms with Crippen LogP contribution in [0, 0.1) is 12.8 Å². The van der Waals surface area contributed by atoms with Crippen molar-refractivity contribution in [2.24, 2.45) is 5.92 Å². The van der Waals surface area contributed by atoms with Crippen LogP contribution in [0.1, 0.15) is 35.3 Å². The van der Waals surface area contributed by atoms with Gasteiger partial charge in [0.1, 0.15) is 6.04 Å².